The maximum absolute atomic E-state index is 13.0. The number of rotatable bonds is 6. The van der Waals surface area contributed by atoms with Crippen molar-refractivity contribution in [3.8, 4) is 0 Å². The Morgan fingerprint density at radius 1 is 1.25 bits per heavy atom. The molecule has 0 amide bonds. The van der Waals surface area contributed by atoms with E-state index in [0.717, 1.165) is 55.2 Å². The zero-order valence-corrected chi connectivity index (χ0v) is 16.6. The minimum absolute atomic E-state index is 0.117. The Balaban J connectivity index is 1.37. The van der Waals surface area contributed by atoms with E-state index in [4.69, 9.17) is 4.74 Å². The van der Waals surface area contributed by atoms with Crippen molar-refractivity contribution >= 4 is 21.4 Å². The Hall–Kier alpha value is -2.32. The normalized spacial score (nSPS) is 15.4. The maximum Gasteiger partial charge on any atom is 0.275 e. The van der Waals surface area contributed by atoms with E-state index in [2.05, 4.69) is 21.9 Å². The highest BCUT2D eigenvalue weighted by molar-refractivity contribution is 7.20. The van der Waals surface area contributed by atoms with Crippen molar-refractivity contribution in [1.82, 2.24) is 14.6 Å². The number of aromatic nitrogens is 3. The molecule has 0 unspecified atom stereocenters. The van der Waals surface area contributed by atoms with Crippen LogP contribution < -0.4 is 10.5 Å². The number of fused-ring (bicyclic) bond motifs is 1. The van der Waals surface area contributed by atoms with Gasteiger partial charge in [-0.1, -0.05) is 36.8 Å². The second kappa shape index (κ2) is 8.36. The van der Waals surface area contributed by atoms with E-state index >= 15 is 0 Å². The number of halogens is 1. The molecule has 1 aliphatic rings. The third-order valence-electron chi connectivity index (χ3n) is 4.91. The SMILES string of the molecule is CCCc1cc(=O)n2nc(N3CCC(OCc4ccc(F)cc4)CC3)sc2n1. The first-order valence-corrected chi connectivity index (χ1v) is 10.4. The molecule has 0 atom stereocenters. The topological polar surface area (TPSA) is 59.7 Å². The number of hydrogen-bond donors (Lipinski definition) is 0. The monoisotopic (exact) mass is 402 g/mol. The van der Waals surface area contributed by atoms with Gasteiger partial charge in [0.1, 0.15) is 5.82 Å². The predicted molar refractivity (Wildman–Crippen MR) is 108 cm³/mol. The smallest absolute Gasteiger partial charge is 0.275 e. The summed E-state index contributed by atoms with van der Waals surface area (Å²) in [6.45, 7) is 4.21. The fraction of sp³-hybridized carbons (Fsp3) is 0.450. The van der Waals surface area contributed by atoms with Gasteiger partial charge in [-0.3, -0.25) is 4.79 Å². The van der Waals surface area contributed by atoms with Crippen molar-refractivity contribution in [1.29, 1.82) is 0 Å². The lowest BCUT2D eigenvalue weighted by molar-refractivity contribution is 0.0251. The Kier molecular flexibility index (Phi) is 5.68. The number of nitrogens with zero attached hydrogens (tertiary/aromatic N) is 4. The molecule has 3 aromatic rings. The molecule has 0 N–H and O–H groups in total. The molecule has 1 aromatic carbocycles. The molecule has 8 heteroatoms. The molecule has 3 heterocycles. The number of benzene rings is 1. The molecular weight excluding hydrogens is 379 g/mol. The van der Waals surface area contributed by atoms with Crippen LogP contribution in [0.15, 0.2) is 35.1 Å². The minimum atomic E-state index is -0.233. The van der Waals surface area contributed by atoms with Gasteiger partial charge in [-0.15, -0.1) is 5.10 Å². The molecule has 0 spiro atoms. The van der Waals surface area contributed by atoms with E-state index in [1.165, 1.54) is 28.0 Å². The molecule has 28 heavy (non-hydrogen) atoms. The molecule has 148 valence electrons. The molecular formula is C20H23FN4O2S. The van der Waals surface area contributed by atoms with Crippen molar-refractivity contribution in [2.45, 2.75) is 45.3 Å². The standard InChI is InChI=1S/C20H23FN4O2S/c1-2-3-16-12-18(26)25-19(22-16)28-20(23-25)24-10-8-17(9-11-24)27-13-14-4-6-15(21)7-5-14/h4-7,12,17H,2-3,8-11,13H2,1H3. The first-order valence-electron chi connectivity index (χ1n) is 9.63. The number of ether oxygens (including phenoxy) is 1. The number of aryl methyl sites for hydroxylation is 1. The molecule has 0 bridgehead atoms. The van der Waals surface area contributed by atoms with Gasteiger partial charge < -0.3 is 9.64 Å². The predicted octanol–water partition coefficient (Wildman–Crippen LogP) is 3.43. The molecule has 1 aliphatic heterocycles. The van der Waals surface area contributed by atoms with E-state index in [1.54, 1.807) is 18.2 Å². The largest absolute Gasteiger partial charge is 0.373 e. The first-order chi connectivity index (χ1) is 13.6. The molecule has 4 rings (SSSR count). The quantitative estimate of drug-likeness (QED) is 0.632. The third kappa shape index (κ3) is 4.23. The average molecular weight is 402 g/mol. The Labute approximate surface area is 166 Å². The van der Waals surface area contributed by atoms with E-state index in [1.807, 2.05) is 0 Å². The fourth-order valence-corrected chi connectivity index (χ4v) is 4.34. The summed E-state index contributed by atoms with van der Waals surface area (Å²) < 4.78 is 20.4. The van der Waals surface area contributed by atoms with E-state index in [9.17, 15) is 9.18 Å². The summed E-state index contributed by atoms with van der Waals surface area (Å²) >= 11 is 1.46. The lowest BCUT2D eigenvalue weighted by Crippen LogP contribution is -2.37. The highest BCUT2D eigenvalue weighted by Crippen LogP contribution is 2.26. The van der Waals surface area contributed by atoms with Gasteiger partial charge in [0.15, 0.2) is 0 Å². The molecule has 0 aliphatic carbocycles. The summed E-state index contributed by atoms with van der Waals surface area (Å²) in [6.07, 6.45) is 3.71. The molecule has 6 nitrogen and oxygen atoms in total. The summed E-state index contributed by atoms with van der Waals surface area (Å²) in [4.78, 5) is 19.7. The van der Waals surface area contributed by atoms with Crippen LogP contribution in [0.1, 0.15) is 37.4 Å². The lowest BCUT2D eigenvalue weighted by atomic mass is 10.1. The van der Waals surface area contributed by atoms with E-state index < -0.39 is 0 Å². The molecule has 1 fully saturated rings. The van der Waals surface area contributed by atoms with Crippen molar-refractivity contribution in [3.05, 3.63) is 57.8 Å². The van der Waals surface area contributed by atoms with Crippen LogP contribution in [-0.2, 0) is 17.8 Å². The Morgan fingerprint density at radius 2 is 2.00 bits per heavy atom. The average Bonchev–Trinajstić information content (AvgIpc) is 3.13. The highest BCUT2D eigenvalue weighted by atomic mass is 32.1. The summed E-state index contributed by atoms with van der Waals surface area (Å²) in [6, 6.07) is 7.99. The Morgan fingerprint density at radius 3 is 2.71 bits per heavy atom. The number of hydrogen-bond acceptors (Lipinski definition) is 6. The zero-order chi connectivity index (χ0) is 19.5. The summed E-state index contributed by atoms with van der Waals surface area (Å²) in [5, 5.41) is 5.30. The van der Waals surface area contributed by atoms with Gasteiger partial charge in [0.25, 0.3) is 5.56 Å². The second-order valence-electron chi connectivity index (χ2n) is 7.04. The van der Waals surface area contributed by atoms with E-state index in [0.29, 0.717) is 11.6 Å². The number of anilines is 1. The molecule has 2 aromatic heterocycles. The maximum atomic E-state index is 13.0. The number of piperidine rings is 1. The van der Waals surface area contributed by atoms with Gasteiger partial charge in [0, 0.05) is 24.8 Å². The van der Waals surface area contributed by atoms with Crippen molar-refractivity contribution in [2.24, 2.45) is 0 Å². The van der Waals surface area contributed by atoms with Crippen LogP contribution in [0.2, 0.25) is 0 Å². The van der Waals surface area contributed by atoms with Crippen molar-refractivity contribution < 1.29 is 9.13 Å². The van der Waals surface area contributed by atoms with Crippen molar-refractivity contribution in [2.75, 3.05) is 18.0 Å². The first kappa shape index (κ1) is 19.0. The fourth-order valence-electron chi connectivity index (χ4n) is 3.37. The highest BCUT2D eigenvalue weighted by Gasteiger charge is 2.23. The molecule has 0 saturated carbocycles. The van der Waals surface area contributed by atoms with Crippen LogP contribution in [-0.4, -0.2) is 33.8 Å². The van der Waals surface area contributed by atoms with Gasteiger partial charge in [0.05, 0.1) is 12.7 Å². The van der Waals surface area contributed by atoms with Gasteiger partial charge >= 0.3 is 0 Å². The van der Waals surface area contributed by atoms with Gasteiger partial charge in [0.2, 0.25) is 10.1 Å². The Bertz CT molecular complexity index is 994. The molecule has 0 radical (unpaired) electrons. The lowest BCUT2D eigenvalue weighted by Gasteiger charge is -2.31. The van der Waals surface area contributed by atoms with Gasteiger partial charge in [-0.25, -0.2) is 9.37 Å². The summed E-state index contributed by atoms with van der Waals surface area (Å²) in [5.74, 6) is -0.233. The van der Waals surface area contributed by atoms with Crippen molar-refractivity contribution in [3.63, 3.8) is 0 Å². The van der Waals surface area contributed by atoms with Crippen LogP contribution in [0.3, 0.4) is 0 Å². The summed E-state index contributed by atoms with van der Waals surface area (Å²) in [5.41, 5.74) is 1.69. The van der Waals surface area contributed by atoms with E-state index in [-0.39, 0.29) is 17.5 Å². The second-order valence-corrected chi connectivity index (χ2v) is 7.97. The van der Waals surface area contributed by atoms with Crippen LogP contribution in [0.25, 0.3) is 4.96 Å². The zero-order valence-electron chi connectivity index (χ0n) is 15.8. The molecule has 1 saturated heterocycles. The van der Waals surface area contributed by atoms with Crippen LogP contribution in [0.4, 0.5) is 9.52 Å². The minimum Gasteiger partial charge on any atom is -0.373 e. The third-order valence-corrected chi connectivity index (χ3v) is 5.87. The van der Waals surface area contributed by atoms with Gasteiger partial charge in [-0.05, 0) is 37.0 Å². The summed E-state index contributed by atoms with van der Waals surface area (Å²) in [7, 11) is 0. The van der Waals surface area contributed by atoms with Crippen LogP contribution in [0, 0.1) is 5.82 Å². The van der Waals surface area contributed by atoms with Gasteiger partial charge in [-0.2, -0.15) is 4.52 Å². The van der Waals surface area contributed by atoms with Crippen LogP contribution >= 0.6 is 11.3 Å². The van der Waals surface area contributed by atoms with Crippen LogP contribution in [0.5, 0.6) is 0 Å².